The Morgan fingerprint density at radius 3 is 3.10 bits per heavy atom. The van der Waals surface area contributed by atoms with Crippen molar-refractivity contribution in [3.05, 3.63) is 30.0 Å². The maximum Gasteiger partial charge on any atom is 0.222 e. The molecule has 0 bridgehead atoms. The topological polar surface area (TPSA) is 72.9 Å². The van der Waals surface area contributed by atoms with Gasteiger partial charge in [0.25, 0.3) is 0 Å². The van der Waals surface area contributed by atoms with Gasteiger partial charge in [0, 0.05) is 24.9 Å². The van der Waals surface area contributed by atoms with Gasteiger partial charge in [-0.05, 0) is 25.5 Å². The molecule has 3 N–H and O–H groups in total. The van der Waals surface area contributed by atoms with Gasteiger partial charge in [-0.25, -0.2) is 0 Å². The Morgan fingerprint density at radius 2 is 2.30 bits per heavy atom. The Morgan fingerprint density at radius 1 is 1.50 bits per heavy atom. The Balaban J connectivity index is 1.90. The number of nitrogens with two attached hydrogens (primary N) is 1. The maximum absolute atomic E-state index is 11.6. The number of hydrogen-bond donors (Lipinski definition) is 2. The summed E-state index contributed by atoms with van der Waals surface area (Å²) in [4.78, 5) is 11.6. The number of aromatic nitrogens is 2. The van der Waals surface area contributed by atoms with Crippen LogP contribution in [-0.4, -0.2) is 28.3 Å². The number of benzene rings is 1. The van der Waals surface area contributed by atoms with E-state index in [2.05, 4.69) is 22.5 Å². The van der Waals surface area contributed by atoms with E-state index in [-0.39, 0.29) is 17.9 Å². The molecule has 1 saturated heterocycles. The largest absolute Gasteiger partial charge is 0.369 e. The van der Waals surface area contributed by atoms with Crippen LogP contribution in [0.4, 0.5) is 0 Å². The molecule has 2 aromatic rings. The molecular formula is C15H20N4O. The third-order valence-electron chi connectivity index (χ3n) is 4.20. The minimum absolute atomic E-state index is 0.0930. The Hall–Kier alpha value is -1.88. The van der Waals surface area contributed by atoms with E-state index in [1.54, 1.807) is 0 Å². The van der Waals surface area contributed by atoms with Gasteiger partial charge in [-0.15, -0.1) is 0 Å². The Bertz CT molecular complexity index is 634. The summed E-state index contributed by atoms with van der Waals surface area (Å²) >= 11 is 0. The first-order valence-electron chi connectivity index (χ1n) is 7.10. The molecule has 2 heterocycles. The number of aryl methyl sites for hydroxylation is 1. The molecule has 2 unspecified atom stereocenters. The van der Waals surface area contributed by atoms with Crippen LogP contribution in [0.1, 0.15) is 18.5 Å². The minimum atomic E-state index is -0.206. The van der Waals surface area contributed by atoms with Gasteiger partial charge in [0.1, 0.15) is 0 Å². The van der Waals surface area contributed by atoms with Crippen molar-refractivity contribution >= 4 is 16.8 Å². The van der Waals surface area contributed by atoms with Gasteiger partial charge < -0.3 is 11.1 Å². The molecule has 3 rings (SSSR count). The van der Waals surface area contributed by atoms with Crippen molar-refractivity contribution in [2.75, 3.05) is 6.54 Å². The van der Waals surface area contributed by atoms with Crippen molar-refractivity contribution in [3.63, 3.8) is 0 Å². The van der Waals surface area contributed by atoms with Crippen LogP contribution in [-0.2, 0) is 18.3 Å². The van der Waals surface area contributed by atoms with Gasteiger partial charge in [0.15, 0.2) is 0 Å². The maximum atomic E-state index is 11.6. The van der Waals surface area contributed by atoms with E-state index in [4.69, 9.17) is 5.73 Å². The van der Waals surface area contributed by atoms with Crippen molar-refractivity contribution in [1.82, 2.24) is 15.1 Å². The van der Waals surface area contributed by atoms with Crippen LogP contribution in [0, 0.1) is 5.92 Å². The molecule has 1 aliphatic rings. The summed E-state index contributed by atoms with van der Waals surface area (Å²) in [7, 11) is 1.95. The van der Waals surface area contributed by atoms with Gasteiger partial charge in [-0.2, -0.15) is 5.10 Å². The predicted octanol–water partition coefficient (Wildman–Crippen LogP) is 0.969. The SMILES string of the molecule is Cn1nc(CC2NCCCC2C(N)=O)c2ccccc21. The highest BCUT2D eigenvalue weighted by Gasteiger charge is 2.30. The second-order valence-corrected chi connectivity index (χ2v) is 5.50. The normalized spacial score (nSPS) is 23.1. The summed E-state index contributed by atoms with van der Waals surface area (Å²) in [5.74, 6) is -0.299. The van der Waals surface area contributed by atoms with Gasteiger partial charge in [-0.1, -0.05) is 18.2 Å². The first kappa shape index (κ1) is 13.1. The monoisotopic (exact) mass is 272 g/mol. The van der Waals surface area contributed by atoms with Crippen molar-refractivity contribution in [2.24, 2.45) is 18.7 Å². The number of rotatable bonds is 3. The van der Waals surface area contributed by atoms with Crippen molar-refractivity contribution in [1.29, 1.82) is 0 Å². The lowest BCUT2D eigenvalue weighted by atomic mass is 9.87. The summed E-state index contributed by atoms with van der Waals surface area (Å²) in [6.07, 6.45) is 2.62. The molecule has 1 amide bonds. The van der Waals surface area contributed by atoms with Crippen LogP contribution in [0.25, 0.3) is 10.9 Å². The second kappa shape index (κ2) is 5.25. The number of hydrogen-bond acceptors (Lipinski definition) is 3. The zero-order valence-electron chi connectivity index (χ0n) is 11.7. The van der Waals surface area contributed by atoms with E-state index in [1.807, 2.05) is 23.9 Å². The van der Waals surface area contributed by atoms with Crippen LogP contribution in [0.5, 0.6) is 0 Å². The zero-order chi connectivity index (χ0) is 14.1. The standard InChI is InChI=1S/C15H20N4O/c1-19-14-7-3-2-5-10(14)13(18-19)9-12-11(15(16)20)6-4-8-17-12/h2-3,5,7,11-12,17H,4,6,8-9H2,1H3,(H2,16,20). The third-order valence-corrected chi connectivity index (χ3v) is 4.20. The lowest BCUT2D eigenvalue weighted by molar-refractivity contribution is -0.123. The third kappa shape index (κ3) is 2.29. The van der Waals surface area contributed by atoms with E-state index in [1.165, 1.54) is 0 Å². The fourth-order valence-electron chi connectivity index (χ4n) is 3.16. The number of carbonyl (C=O) groups excluding carboxylic acids is 1. The quantitative estimate of drug-likeness (QED) is 0.874. The van der Waals surface area contributed by atoms with E-state index < -0.39 is 0 Å². The van der Waals surface area contributed by atoms with Crippen LogP contribution in [0.2, 0.25) is 0 Å². The highest BCUT2D eigenvalue weighted by molar-refractivity contribution is 5.82. The Labute approximate surface area is 118 Å². The molecule has 106 valence electrons. The molecule has 5 nitrogen and oxygen atoms in total. The lowest BCUT2D eigenvalue weighted by Crippen LogP contribution is -2.48. The average Bonchev–Trinajstić information content (AvgIpc) is 2.76. The molecule has 1 fully saturated rings. The van der Waals surface area contributed by atoms with Crippen LogP contribution in [0.3, 0.4) is 0 Å². The summed E-state index contributed by atoms with van der Waals surface area (Å²) in [6, 6.07) is 8.28. The first-order chi connectivity index (χ1) is 9.66. The van der Waals surface area contributed by atoms with E-state index in [9.17, 15) is 4.79 Å². The molecule has 0 saturated carbocycles. The molecule has 2 atom stereocenters. The molecule has 1 aromatic carbocycles. The fraction of sp³-hybridized carbons (Fsp3) is 0.467. The molecule has 0 radical (unpaired) electrons. The molecule has 20 heavy (non-hydrogen) atoms. The predicted molar refractivity (Wildman–Crippen MR) is 78.1 cm³/mol. The number of carbonyl (C=O) groups is 1. The second-order valence-electron chi connectivity index (χ2n) is 5.50. The number of amides is 1. The van der Waals surface area contributed by atoms with Crippen molar-refractivity contribution < 1.29 is 4.79 Å². The van der Waals surface area contributed by atoms with E-state index in [0.717, 1.165) is 42.4 Å². The molecule has 0 aliphatic carbocycles. The van der Waals surface area contributed by atoms with Crippen LogP contribution >= 0.6 is 0 Å². The fourth-order valence-corrected chi connectivity index (χ4v) is 3.16. The van der Waals surface area contributed by atoms with Crippen LogP contribution in [0.15, 0.2) is 24.3 Å². The summed E-state index contributed by atoms with van der Waals surface area (Å²) in [5.41, 5.74) is 7.68. The van der Waals surface area contributed by atoms with Crippen molar-refractivity contribution in [2.45, 2.75) is 25.3 Å². The molecule has 5 heteroatoms. The summed E-state index contributed by atoms with van der Waals surface area (Å²) < 4.78 is 1.90. The number of nitrogens with zero attached hydrogens (tertiary/aromatic N) is 2. The minimum Gasteiger partial charge on any atom is -0.369 e. The molecular weight excluding hydrogens is 252 g/mol. The average molecular weight is 272 g/mol. The highest BCUT2D eigenvalue weighted by atomic mass is 16.1. The first-order valence-corrected chi connectivity index (χ1v) is 7.10. The molecule has 1 aliphatic heterocycles. The van der Waals surface area contributed by atoms with Gasteiger partial charge in [0.2, 0.25) is 5.91 Å². The van der Waals surface area contributed by atoms with Gasteiger partial charge in [-0.3, -0.25) is 9.48 Å². The highest BCUT2D eigenvalue weighted by Crippen LogP contribution is 2.23. The molecule has 0 spiro atoms. The van der Waals surface area contributed by atoms with E-state index >= 15 is 0 Å². The number of fused-ring (bicyclic) bond motifs is 1. The zero-order valence-corrected chi connectivity index (χ0v) is 11.7. The number of para-hydroxylation sites is 1. The smallest absolute Gasteiger partial charge is 0.222 e. The number of primary amides is 1. The molecule has 1 aromatic heterocycles. The van der Waals surface area contributed by atoms with Crippen molar-refractivity contribution in [3.8, 4) is 0 Å². The number of nitrogens with one attached hydrogen (secondary N) is 1. The van der Waals surface area contributed by atoms with E-state index in [0.29, 0.717) is 0 Å². The summed E-state index contributed by atoms with van der Waals surface area (Å²) in [5, 5.41) is 9.18. The summed E-state index contributed by atoms with van der Waals surface area (Å²) in [6.45, 7) is 0.944. The van der Waals surface area contributed by atoms with Gasteiger partial charge >= 0.3 is 0 Å². The van der Waals surface area contributed by atoms with Gasteiger partial charge in [0.05, 0.1) is 17.1 Å². The lowest BCUT2D eigenvalue weighted by Gasteiger charge is -2.30. The number of piperidine rings is 1. The Kier molecular flexibility index (Phi) is 3.44. The van der Waals surface area contributed by atoms with Crippen LogP contribution < -0.4 is 11.1 Å².